The lowest BCUT2D eigenvalue weighted by molar-refractivity contribution is -0.330. The van der Waals surface area contributed by atoms with Gasteiger partial charge in [0.2, 0.25) is 0 Å². The molecular weight excluding hydrogens is 580 g/mol. The molecule has 1 heterocycles. The number of carbonyl (C=O) groups excluding carboxylic acids is 1. The summed E-state index contributed by atoms with van der Waals surface area (Å²) < 4.78 is 17.7. The Bertz CT molecular complexity index is 1010. The number of ether oxygens (including phenoxy) is 3. The van der Waals surface area contributed by atoms with Crippen molar-refractivity contribution in [3.05, 3.63) is 0 Å². The Labute approximate surface area is 268 Å². The van der Waals surface area contributed by atoms with E-state index in [1.54, 1.807) is 0 Å². The van der Waals surface area contributed by atoms with Gasteiger partial charge in [0, 0.05) is 6.92 Å². The van der Waals surface area contributed by atoms with Crippen LogP contribution in [-0.4, -0.2) is 98.8 Å². The zero-order valence-corrected chi connectivity index (χ0v) is 28.0. The summed E-state index contributed by atoms with van der Waals surface area (Å²) in [5.41, 5.74) is -0.360. The van der Waals surface area contributed by atoms with Gasteiger partial charge in [-0.15, -0.1) is 0 Å². The van der Waals surface area contributed by atoms with Crippen LogP contribution in [0.3, 0.4) is 0 Å². The normalized spacial score (nSPS) is 49.4. The molecule has 0 spiro atoms. The monoisotopic (exact) mass is 640 g/mol. The summed E-state index contributed by atoms with van der Waals surface area (Å²) in [5.74, 6) is 1.46. The smallest absolute Gasteiger partial charge is 0.302 e. The Morgan fingerprint density at radius 1 is 0.933 bits per heavy atom. The minimum absolute atomic E-state index is 0.0524. The van der Waals surface area contributed by atoms with Crippen LogP contribution in [0.2, 0.25) is 0 Å². The molecule has 0 bridgehead atoms. The van der Waals surface area contributed by atoms with Gasteiger partial charge in [-0.2, -0.15) is 0 Å². The summed E-state index contributed by atoms with van der Waals surface area (Å²) >= 11 is 0. The van der Waals surface area contributed by atoms with E-state index in [0.29, 0.717) is 43.6 Å². The first-order valence-electron chi connectivity index (χ1n) is 17.7. The average molecular weight is 641 g/mol. The van der Waals surface area contributed by atoms with E-state index in [9.17, 15) is 35.4 Å². The molecule has 0 radical (unpaired) electrons. The molecule has 5 aliphatic rings. The molecule has 10 heteroatoms. The Morgan fingerprint density at radius 3 is 2.36 bits per heavy atom. The maximum atomic E-state index is 12.1. The van der Waals surface area contributed by atoms with Gasteiger partial charge in [-0.25, -0.2) is 0 Å². The first kappa shape index (κ1) is 35.5. The summed E-state index contributed by atoms with van der Waals surface area (Å²) in [6.45, 7) is 10.4. The molecule has 6 N–H and O–H groups in total. The van der Waals surface area contributed by atoms with Crippen LogP contribution in [0.25, 0.3) is 0 Å². The van der Waals surface area contributed by atoms with E-state index in [1.807, 2.05) is 0 Å². The SMILES string of the molecule is CC(=O)OC[C@H](C)CCC[C@@H](C)[C@@H]1CCC2C3C(C[C@@H](O)[C@@]21C)[C@@]1(C)CCC(O)CC1C[C@@H]3O[C@@H]1O[C@H](CO)[C@H](O)[C@@H](O)[C@H]1O. The van der Waals surface area contributed by atoms with Crippen LogP contribution in [-0.2, 0) is 19.0 Å². The van der Waals surface area contributed by atoms with E-state index in [2.05, 4.69) is 27.7 Å². The van der Waals surface area contributed by atoms with E-state index in [0.717, 1.165) is 44.9 Å². The third-order valence-electron chi connectivity index (χ3n) is 13.6. The third-order valence-corrected chi connectivity index (χ3v) is 13.6. The maximum Gasteiger partial charge on any atom is 0.302 e. The predicted molar refractivity (Wildman–Crippen MR) is 165 cm³/mol. The van der Waals surface area contributed by atoms with E-state index < -0.39 is 43.4 Å². The zero-order chi connectivity index (χ0) is 32.8. The fourth-order valence-corrected chi connectivity index (χ4v) is 10.9. The van der Waals surface area contributed by atoms with Gasteiger partial charge in [-0.3, -0.25) is 4.79 Å². The van der Waals surface area contributed by atoms with Crippen LogP contribution in [0.1, 0.15) is 98.8 Å². The molecule has 5 unspecified atom stereocenters. The zero-order valence-electron chi connectivity index (χ0n) is 28.0. The molecule has 45 heavy (non-hydrogen) atoms. The Hall–Kier alpha value is -0.850. The fraction of sp³-hybridized carbons (Fsp3) is 0.971. The summed E-state index contributed by atoms with van der Waals surface area (Å²) in [6.07, 6.45) is 0.909. The van der Waals surface area contributed by atoms with Crippen LogP contribution >= 0.6 is 0 Å². The molecule has 5 rings (SSSR count). The highest BCUT2D eigenvalue weighted by Crippen LogP contribution is 2.69. The number of aliphatic hydroxyl groups is 6. The highest BCUT2D eigenvalue weighted by atomic mass is 16.7. The average Bonchev–Trinajstić information content (AvgIpc) is 3.36. The number of rotatable bonds is 10. The lowest BCUT2D eigenvalue weighted by Gasteiger charge is -2.64. The standard InChI is InChI=1S/C35H60O10/c1-18(17-43-20(3)37)7-6-8-19(2)23-9-10-24-29-25(15-28(39)35(23,24)5)34(4)12-11-22(38)13-21(34)14-26(29)44-33-32(42)31(41)30(40)27(16-36)45-33/h18-19,21-33,36,38-42H,6-17H2,1-5H3/t18-,19-,21?,22?,23+,24?,25?,26+,27-,28-,29?,30+,31-,32-,33-,34+,35-/m1/s1. The summed E-state index contributed by atoms with van der Waals surface area (Å²) in [6, 6.07) is 0. The second-order valence-electron chi connectivity index (χ2n) is 16.1. The summed E-state index contributed by atoms with van der Waals surface area (Å²) in [7, 11) is 0. The van der Waals surface area contributed by atoms with Crippen molar-refractivity contribution in [1.29, 1.82) is 0 Å². The third kappa shape index (κ3) is 6.61. The van der Waals surface area contributed by atoms with Crippen LogP contribution in [0.15, 0.2) is 0 Å². The molecule has 1 saturated heterocycles. The molecule has 0 amide bonds. The van der Waals surface area contributed by atoms with E-state index >= 15 is 0 Å². The minimum atomic E-state index is -1.51. The second kappa shape index (κ2) is 13.9. The van der Waals surface area contributed by atoms with Crippen LogP contribution < -0.4 is 0 Å². The highest BCUT2D eigenvalue weighted by Gasteiger charge is 2.66. The largest absolute Gasteiger partial charge is 0.466 e. The molecule has 4 aliphatic carbocycles. The molecule has 260 valence electrons. The number of fused-ring (bicyclic) bond motifs is 5. The van der Waals surface area contributed by atoms with Gasteiger partial charge in [0.15, 0.2) is 6.29 Å². The maximum absolute atomic E-state index is 12.1. The Morgan fingerprint density at radius 2 is 1.67 bits per heavy atom. The molecular formula is C35H60O10. The number of esters is 1. The first-order chi connectivity index (χ1) is 21.2. The van der Waals surface area contributed by atoms with Crippen molar-refractivity contribution in [1.82, 2.24) is 0 Å². The summed E-state index contributed by atoms with van der Waals surface area (Å²) in [4.78, 5) is 11.2. The number of aliphatic hydroxyl groups excluding tert-OH is 6. The summed E-state index contributed by atoms with van der Waals surface area (Å²) in [5, 5.41) is 64.3. The van der Waals surface area contributed by atoms with Crippen molar-refractivity contribution >= 4 is 5.97 Å². The van der Waals surface area contributed by atoms with E-state index in [-0.39, 0.29) is 52.7 Å². The van der Waals surface area contributed by atoms with Crippen LogP contribution in [0.4, 0.5) is 0 Å². The van der Waals surface area contributed by atoms with Crippen molar-refractivity contribution in [2.45, 2.75) is 148 Å². The molecule has 0 aromatic heterocycles. The van der Waals surface area contributed by atoms with Gasteiger partial charge in [0.1, 0.15) is 24.4 Å². The quantitative estimate of drug-likeness (QED) is 0.154. The van der Waals surface area contributed by atoms with Crippen molar-refractivity contribution in [3.8, 4) is 0 Å². The van der Waals surface area contributed by atoms with Crippen LogP contribution in [0, 0.1) is 52.3 Å². The number of carbonyl (C=O) groups is 1. The number of hydrogen-bond acceptors (Lipinski definition) is 10. The van der Waals surface area contributed by atoms with Crippen molar-refractivity contribution < 1.29 is 49.6 Å². The van der Waals surface area contributed by atoms with Gasteiger partial charge in [-0.1, -0.05) is 40.5 Å². The molecule has 0 aromatic carbocycles. The van der Waals surface area contributed by atoms with Gasteiger partial charge in [-0.05, 0) is 104 Å². The van der Waals surface area contributed by atoms with Gasteiger partial charge in [0.05, 0.1) is 31.5 Å². The molecule has 4 saturated carbocycles. The lowest BCUT2D eigenvalue weighted by atomic mass is 9.43. The van der Waals surface area contributed by atoms with E-state index in [4.69, 9.17) is 14.2 Å². The molecule has 5 fully saturated rings. The topological polar surface area (TPSA) is 166 Å². The van der Waals surface area contributed by atoms with E-state index in [1.165, 1.54) is 6.92 Å². The van der Waals surface area contributed by atoms with Gasteiger partial charge in [0.25, 0.3) is 0 Å². The Kier molecular flexibility index (Phi) is 11.0. The molecule has 0 aromatic rings. The van der Waals surface area contributed by atoms with Crippen molar-refractivity contribution in [3.63, 3.8) is 0 Å². The highest BCUT2D eigenvalue weighted by molar-refractivity contribution is 5.65. The Balaban J connectivity index is 1.37. The first-order valence-corrected chi connectivity index (χ1v) is 17.7. The van der Waals surface area contributed by atoms with Gasteiger partial charge >= 0.3 is 5.97 Å². The van der Waals surface area contributed by atoms with Crippen molar-refractivity contribution in [2.75, 3.05) is 13.2 Å². The van der Waals surface area contributed by atoms with Crippen molar-refractivity contribution in [2.24, 2.45) is 52.3 Å². The minimum Gasteiger partial charge on any atom is -0.466 e. The molecule has 17 atom stereocenters. The van der Waals surface area contributed by atoms with Gasteiger partial charge < -0.3 is 44.8 Å². The fourth-order valence-electron chi connectivity index (χ4n) is 10.9. The second-order valence-corrected chi connectivity index (χ2v) is 16.1. The molecule has 10 nitrogen and oxygen atoms in total. The number of hydrogen-bond donors (Lipinski definition) is 6. The van der Waals surface area contributed by atoms with Crippen LogP contribution in [0.5, 0.6) is 0 Å². The molecule has 1 aliphatic heterocycles. The lowest BCUT2D eigenvalue weighted by Crippen LogP contribution is -2.65. The predicted octanol–water partition coefficient (Wildman–Crippen LogP) is 2.78.